The average molecular weight is 266 g/mol. The first-order valence-electron chi connectivity index (χ1n) is 5.68. The molecular weight excluding hydrogens is 246 g/mol. The Balaban J connectivity index is 0.000000327. The molecule has 0 radical (unpaired) electrons. The molecule has 18 heavy (non-hydrogen) atoms. The van der Waals surface area contributed by atoms with Crippen molar-refractivity contribution in [1.29, 1.82) is 10.8 Å². The Morgan fingerprint density at radius 2 is 1.83 bits per heavy atom. The quantitative estimate of drug-likeness (QED) is 0.407. The van der Waals surface area contributed by atoms with Crippen molar-refractivity contribution in [2.24, 2.45) is 5.73 Å². The molecule has 1 aliphatic rings. The fourth-order valence-electron chi connectivity index (χ4n) is 1.10. The fraction of sp³-hybridized carbons (Fsp3) is 0.286. The highest BCUT2D eigenvalue weighted by molar-refractivity contribution is 6.48. The fourth-order valence-corrected chi connectivity index (χ4v) is 1.40. The van der Waals surface area contributed by atoms with Gasteiger partial charge in [-0.3, -0.25) is 10.8 Å². The second-order valence-electron chi connectivity index (χ2n) is 3.78. The van der Waals surface area contributed by atoms with E-state index in [0.717, 1.165) is 12.1 Å². The summed E-state index contributed by atoms with van der Waals surface area (Å²) in [7, 11) is 0. The molecule has 0 aromatic heterocycles. The smallest absolute Gasteiger partial charge is 0.0789 e. The number of halogens is 1. The lowest BCUT2D eigenvalue weighted by molar-refractivity contribution is 1.03. The van der Waals surface area contributed by atoms with Gasteiger partial charge in [-0.05, 0) is 38.5 Å². The maximum atomic E-state index is 7.03. The summed E-state index contributed by atoms with van der Waals surface area (Å²) < 4.78 is 0. The summed E-state index contributed by atoms with van der Waals surface area (Å²) in [5.74, 6) is 0. The number of rotatable bonds is 3. The third kappa shape index (κ3) is 8.53. The van der Waals surface area contributed by atoms with Gasteiger partial charge in [0.2, 0.25) is 0 Å². The molecule has 4 heteroatoms. The molecule has 0 amide bonds. The third-order valence-corrected chi connectivity index (χ3v) is 2.27. The van der Waals surface area contributed by atoms with Gasteiger partial charge in [0.1, 0.15) is 0 Å². The molecule has 0 spiro atoms. The maximum absolute atomic E-state index is 7.03. The van der Waals surface area contributed by atoms with Crippen LogP contribution in [0, 0.1) is 10.8 Å². The van der Waals surface area contributed by atoms with Crippen LogP contribution in [0.3, 0.4) is 0 Å². The Bertz CT molecular complexity index is 377. The van der Waals surface area contributed by atoms with Gasteiger partial charge in [-0.2, -0.15) is 0 Å². The van der Waals surface area contributed by atoms with Gasteiger partial charge in [-0.25, -0.2) is 0 Å². The van der Waals surface area contributed by atoms with Crippen LogP contribution >= 0.6 is 11.6 Å². The average Bonchev–Trinajstić information content (AvgIpc) is 2.30. The highest BCUT2D eigenvalue weighted by Crippen LogP contribution is 2.05. The second-order valence-corrected chi connectivity index (χ2v) is 4.34. The van der Waals surface area contributed by atoms with Crippen molar-refractivity contribution in [2.45, 2.75) is 25.6 Å². The Kier molecular flexibility index (Phi) is 8.58. The summed E-state index contributed by atoms with van der Waals surface area (Å²) in [5.41, 5.74) is 6.77. The van der Waals surface area contributed by atoms with Crippen LogP contribution < -0.4 is 5.73 Å². The summed E-state index contributed by atoms with van der Waals surface area (Å²) in [6.45, 7) is 3.81. The van der Waals surface area contributed by atoms with E-state index in [4.69, 9.17) is 28.2 Å². The van der Waals surface area contributed by atoms with Crippen molar-refractivity contribution in [3.63, 3.8) is 0 Å². The van der Waals surface area contributed by atoms with E-state index in [-0.39, 0.29) is 16.8 Å². The van der Waals surface area contributed by atoms with Gasteiger partial charge in [-0.15, -0.1) is 11.6 Å². The van der Waals surface area contributed by atoms with Crippen LogP contribution in [0.15, 0.2) is 48.2 Å². The van der Waals surface area contributed by atoms with E-state index in [9.17, 15) is 0 Å². The number of hydrogen-bond acceptors (Lipinski definition) is 3. The predicted molar refractivity (Wildman–Crippen MR) is 80.7 cm³/mol. The molecule has 1 atom stereocenters. The van der Waals surface area contributed by atoms with Gasteiger partial charge < -0.3 is 5.73 Å². The summed E-state index contributed by atoms with van der Waals surface area (Å²) in [6, 6.07) is 0. The molecule has 3 nitrogen and oxygen atoms in total. The van der Waals surface area contributed by atoms with Gasteiger partial charge in [0.05, 0.1) is 16.8 Å². The SMILES string of the molecule is C/C=C/CC(Cl)/C=C(\C)N.N=C1C=CC=CC1=N. The minimum atomic E-state index is 0.0428. The molecule has 0 aliphatic heterocycles. The lowest BCUT2D eigenvalue weighted by Crippen LogP contribution is -2.06. The minimum absolute atomic E-state index is 0.0428. The minimum Gasteiger partial charge on any atom is -0.402 e. The number of hydrogen-bond donors (Lipinski definition) is 3. The van der Waals surface area contributed by atoms with Gasteiger partial charge in [0, 0.05) is 5.70 Å². The Morgan fingerprint density at radius 3 is 2.17 bits per heavy atom. The first-order valence-corrected chi connectivity index (χ1v) is 6.12. The van der Waals surface area contributed by atoms with Crippen molar-refractivity contribution < 1.29 is 0 Å². The highest BCUT2D eigenvalue weighted by Gasteiger charge is 1.97. The summed E-state index contributed by atoms with van der Waals surface area (Å²) in [4.78, 5) is 0. The molecule has 0 saturated carbocycles. The molecule has 4 N–H and O–H groups in total. The van der Waals surface area contributed by atoms with Gasteiger partial charge in [0.25, 0.3) is 0 Å². The molecule has 0 saturated heterocycles. The molecule has 0 heterocycles. The normalized spacial score (nSPS) is 16.7. The van der Waals surface area contributed by atoms with E-state index < -0.39 is 0 Å². The Labute approximate surface area is 114 Å². The van der Waals surface area contributed by atoms with E-state index in [2.05, 4.69) is 0 Å². The van der Waals surface area contributed by atoms with Crippen LogP contribution in [-0.2, 0) is 0 Å². The molecule has 1 rings (SSSR count). The summed E-state index contributed by atoms with van der Waals surface area (Å²) in [5, 5.41) is 14.1. The number of nitrogens with one attached hydrogen (secondary N) is 2. The summed E-state index contributed by atoms with van der Waals surface area (Å²) >= 11 is 5.85. The lowest BCUT2D eigenvalue weighted by atomic mass is 10.1. The molecule has 1 unspecified atom stereocenters. The molecule has 0 fully saturated rings. The van der Waals surface area contributed by atoms with Crippen molar-refractivity contribution in [3.8, 4) is 0 Å². The zero-order chi connectivity index (χ0) is 14.0. The van der Waals surface area contributed by atoms with Crippen molar-refractivity contribution in [3.05, 3.63) is 48.2 Å². The molecule has 0 aromatic rings. The van der Waals surface area contributed by atoms with E-state index in [1.165, 1.54) is 0 Å². The van der Waals surface area contributed by atoms with Crippen LogP contribution in [0.25, 0.3) is 0 Å². The summed E-state index contributed by atoms with van der Waals surface area (Å²) in [6.07, 6.45) is 13.4. The van der Waals surface area contributed by atoms with Crippen molar-refractivity contribution in [1.82, 2.24) is 0 Å². The molecular formula is C14H20ClN3. The number of alkyl halides is 1. The van der Waals surface area contributed by atoms with Crippen molar-refractivity contribution >= 4 is 23.0 Å². The molecule has 0 aromatic carbocycles. The van der Waals surface area contributed by atoms with E-state index in [1.54, 1.807) is 24.3 Å². The zero-order valence-corrected chi connectivity index (χ0v) is 11.5. The topological polar surface area (TPSA) is 73.7 Å². The Morgan fingerprint density at radius 1 is 1.33 bits per heavy atom. The van der Waals surface area contributed by atoms with Crippen LogP contribution in [0.1, 0.15) is 20.3 Å². The maximum Gasteiger partial charge on any atom is 0.0789 e. The van der Waals surface area contributed by atoms with Crippen LogP contribution in [0.2, 0.25) is 0 Å². The predicted octanol–water partition coefficient (Wildman–Crippen LogP) is 3.57. The monoisotopic (exact) mass is 265 g/mol. The van der Waals surface area contributed by atoms with Gasteiger partial charge in [-0.1, -0.05) is 24.3 Å². The standard InChI is InChI=1S/C8H14ClN.C6H6N2/c1-3-4-5-8(9)6-7(2)10;7-5-3-1-2-4-6(5)8/h3-4,6,8H,5,10H2,1-2H3;1-4,7-8H/b4-3+,7-6+;. The zero-order valence-electron chi connectivity index (χ0n) is 10.8. The first-order chi connectivity index (χ1) is 8.47. The number of allylic oxidation sites excluding steroid dienone is 8. The third-order valence-electron chi connectivity index (χ3n) is 1.97. The largest absolute Gasteiger partial charge is 0.402 e. The Hall–Kier alpha value is -1.61. The van der Waals surface area contributed by atoms with E-state index in [0.29, 0.717) is 0 Å². The highest BCUT2D eigenvalue weighted by atomic mass is 35.5. The van der Waals surface area contributed by atoms with Gasteiger partial charge in [0.15, 0.2) is 0 Å². The number of nitrogens with two attached hydrogens (primary N) is 1. The van der Waals surface area contributed by atoms with Crippen LogP contribution in [0.5, 0.6) is 0 Å². The molecule has 1 aliphatic carbocycles. The van der Waals surface area contributed by atoms with Crippen LogP contribution in [-0.4, -0.2) is 16.8 Å². The van der Waals surface area contributed by atoms with E-state index in [1.807, 2.05) is 32.1 Å². The van der Waals surface area contributed by atoms with Crippen molar-refractivity contribution in [2.75, 3.05) is 0 Å². The second kappa shape index (κ2) is 9.42. The molecule has 98 valence electrons. The lowest BCUT2D eigenvalue weighted by Gasteiger charge is -1.98. The first kappa shape index (κ1) is 16.4. The van der Waals surface area contributed by atoms with Crippen LogP contribution in [0.4, 0.5) is 0 Å². The van der Waals surface area contributed by atoms with E-state index >= 15 is 0 Å². The van der Waals surface area contributed by atoms with Gasteiger partial charge >= 0.3 is 0 Å². The molecule has 0 bridgehead atoms.